The number of nitriles is 1. The Bertz CT molecular complexity index is 1580. The molecule has 0 fully saturated rings. The monoisotopic (exact) mass is 495 g/mol. The highest BCUT2D eigenvalue weighted by Gasteiger charge is 2.19. The minimum Gasteiger partial charge on any atom is -0.493 e. The maximum atomic E-state index is 13.6. The number of ether oxygens (including phenoxy) is 1. The summed E-state index contributed by atoms with van der Waals surface area (Å²) in [6.45, 7) is 4.23. The van der Waals surface area contributed by atoms with Crippen LogP contribution < -0.4 is 24.8 Å². The van der Waals surface area contributed by atoms with Gasteiger partial charge in [-0.05, 0) is 43.7 Å². The number of nitrogens with zero attached hydrogens (tertiary/aromatic N) is 2. The van der Waals surface area contributed by atoms with Gasteiger partial charge in [0.05, 0.1) is 22.9 Å². The van der Waals surface area contributed by atoms with Crippen molar-refractivity contribution in [1.82, 2.24) is 9.88 Å². The van der Waals surface area contributed by atoms with E-state index in [1.807, 2.05) is 80.6 Å². The lowest BCUT2D eigenvalue weighted by Crippen LogP contribution is -2.34. The molecule has 0 aliphatic carbocycles. The van der Waals surface area contributed by atoms with Gasteiger partial charge < -0.3 is 10.1 Å². The van der Waals surface area contributed by atoms with Crippen LogP contribution in [0.15, 0.2) is 89.7 Å². The first kappa shape index (κ1) is 24.7. The molecule has 3 aromatic carbocycles. The van der Waals surface area contributed by atoms with Crippen molar-refractivity contribution in [3.8, 4) is 17.5 Å². The molecule has 0 spiro atoms. The summed E-state index contributed by atoms with van der Waals surface area (Å²) >= 11 is 1.11. The van der Waals surface area contributed by atoms with Crippen LogP contribution in [0, 0.1) is 11.3 Å². The van der Waals surface area contributed by atoms with Crippen molar-refractivity contribution in [3.05, 3.63) is 116 Å². The molecular formula is C29H25N3O3S. The van der Waals surface area contributed by atoms with E-state index in [1.165, 1.54) is 4.57 Å². The third kappa shape index (κ3) is 5.29. The van der Waals surface area contributed by atoms with E-state index in [0.29, 0.717) is 22.6 Å². The summed E-state index contributed by atoms with van der Waals surface area (Å²) in [5.74, 6) is 0.112. The largest absolute Gasteiger partial charge is 0.493 e. The van der Waals surface area contributed by atoms with Crippen molar-refractivity contribution in [2.45, 2.75) is 19.9 Å². The zero-order chi connectivity index (χ0) is 25.5. The van der Waals surface area contributed by atoms with Gasteiger partial charge in [0.25, 0.3) is 11.5 Å². The minimum absolute atomic E-state index is 0.124. The van der Waals surface area contributed by atoms with Gasteiger partial charge in [0.1, 0.15) is 16.5 Å². The molecule has 0 bridgehead atoms. The maximum absolute atomic E-state index is 13.6. The molecule has 36 heavy (non-hydrogen) atoms. The average molecular weight is 496 g/mol. The van der Waals surface area contributed by atoms with Crippen molar-refractivity contribution in [2.75, 3.05) is 6.61 Å². The molecule has 1 aromatic heterocycles. The number of rotatable bonds is 7. The predicted molar refractivity (Wildman–Crippen MR) is 142 cm³/mol. The second-order valence-electron chi connectivity index (χ2n) is 7.96. The molecule has 0 radical (unpaired) electrons. The van der Waals surface area contributed by atoms with E-state index < -0.39 is 5.91 Å². The third-order valence-corrected chi connectivity index (χ3v) is 6.64. The molecule has 4 rings (SSSR count). The first-order valence-electron chi connectivity index (χ1n) is 11.5. The highest BCUT2D eigenvalue weighted by atomic mass is 32.1. The number of hydrogen-bond acceptors (Lipinski definition) is 5. The van der Waals surface area contributed by atoms with Gasteiger partial charge in [0.2, 0.25) is 0 Å². The molecule has 180 valence electrons. The molecule has 6 nitrogen and oxygen atoms in total. The summed E-state index contributed by atoms with van der Waals surface area (Å²) in [4.78, 5) is 26.8. The summed E-state index contributed by atoms with van der Waals surface area (Å²) in [5, 5.41) is 12.9. The molecule has 0 aliphatic heterocycles. The quantitative estimate of drug-likeness (QED) is 0.424. The molecule has 1 N–H and O–H groups in total. The molecule has 0 saturated heterocycles. The molecule has 0 aliphatic rings. The fourth-order valence-corrected chi connectivity index (χ4v) is 4.87. The number of nitrogens with one attached hydrogen (secondary N) is 1. The maximum Gasteiger partial charge on any atom is 0.273 e. The molecule has 0 saturated carbocycles. The number of carbonyl (C=O) groups is 1. The average Bonchev–Trinajstić information content (AvgIpc) is 3.22. The van der Waals surface area contributed by atoms with E-state index in [2.05, 4.69) is 5.32 Å². The normalized spacial score (nSPS) is 13.0. The minimum atomic E-state index is -0.541. The van der Waals surface area contributed by atoms with Crippen molar-refractivity contribution in [1.29, 1.82) is 5.26 Å². The molecule has 1 unspecified atom stereocenters. The number of para-hydroxylation sites is 2. The molecule has 1 atom stereocenters. The standard InChI is InChI=1S/C29H25N3O3S/c1-3-35-25-17-11-10-14-22(25)18-26-28(34)32(23-15-8-5-9-16-23)29(36-26)24(19-30)27(33)31-20(2)21-12-6-4-7-13-21/h4-18,20H,3H2,1-2H3,(H,31,33)/b26-18+,29-24-. The predicted octanol–water partition coefficient (Wildman–Crippen LogP) is 3.68. The Morgan fingerprint density at radius 1 is 1.06 bits per heavy atom. The Morgan fingerprint density at radius 2 is 1.69 bits per heavy atom. The summed E-state index contributed by atoms with van der Waals surface area (Å²) in [7, 11) is 0. The van der Waals surface area contributed by atoms with Crippen molar-refractivity contribution < 1.29 is 9.53 Å². The Labute approximate surface area is 213 Å². The van der Waals surface area contributed by atoms with Gasteiger partial charge in [0.15, 0.2) is 5.57 Å². The summed E-state index contributed by atoms with van der Waals surface area (Å²) in [6.07, 6.45) is 1.74. The Balaban J connectivity index is 1.91. The van der Waals surface area contributed by atoms with Gasteiger partial charge in [-0.3, -0.25) is 14.2 Å². The van der Waals surface area contributed by atoms with Gasteiger partial charge in [-0.15, -0.1) is 11.3 Å². The number of amides is 1. The molecule has 4 aromatic rings. The third-order valence-electron chi connectivity index (χ3n) is 5.54. The number of carbonyl (C=O) groups excluding carboxylic acids is 1. The highest BCUT2D eigenvalue weighted by molar-refractivity contribution is 7.07. The fraction of sp³-hybridized carbons (Fsp3) is 0.138. The molecular weight excluding hydrogens is 470 g/mol. The van der Waals surface area contributed by atoms with Crippen LogP contribution >= 0.6 is 11.3 Å². The number of benzene rings is 3. The molecule has 7 heteroatoms. The van der Waals surface area contributed by atoms with Crippen LogP contribution in [-0.2, 0) is 4.79 Å². The second kappa shape index (κ2) is 11.3. The lowest BCUT2D eigenvalue weighted by molar-refractivity contribution is -0.116. The van der Waals surface area contributed by atoms with Crippen molar-refractivity contribution >= 4 is 28.9 Å². The van der Waals surface area contributed by atoms with Crippen molar-refractivity contribution in [3.63, 3.8) is 0 Å². The summed E-state index contributed by atoms with van der Waals surface area (Å²) in [6, 6.07) is 27.6. The van der Waals surface area contributed by atoms with E-state index in [0.717, 1.165) is 22.5 Å². The van der Waals surface area contributed by atoms with Crippen LogP contribution in [0.25, 0.3) is 17.3 Å². The van der Waals surface area contributed by atoms with Crippen LogP contribution in [0.5, 0.6) is 5.75 Å². The zero-order valence-corrected chi connectivity index (χ0v) is 20.8. The number of thiazole rings is 1. The molecule has 1 amide bonds. The van der Waals surface area contributed by atoms with Crippen molar-refractivity contribution in [2.24, 2.45) is 0 Å². The fourth-order valence-electron chi connectivity index (χ4n) is 3.78. The van der Waals surface area contributed by atoms with Gasteiger partial charge >= 0.3 is 0 Å². The number of hydrogen-bond donors (Lipinski definition) is 1. The lowest BCUT2D eigenvalue weighted by Gasteiger charge is -2.13. The van der Waals surface area contributed by atoms with Crippen LogP contribution in [0.2, 0.25) is 0 Å². The topological polar surface area (TPSA) is 84.1 Å². The first-order chi connectivity index (χ1) is 17.5. The van der Waals surface area contributed by atoms with Crippen LogP contribution in [-0.4, -0.2) is 17.1 Å². The van der Waals surface area contributed by atoms with Crippen LogP contribution in [0.1, 0.15) is 31.0 Å². The van der Waals surface area contributed by atoms with E-state index >= 15 is 0 Å². The second-order valence-corrected chi connectivity index (χ2v) is 8.99. The summed E-state index contributed by atoms with van der Waals surface area (Å²) < 4.78 is 7.78. The van der Waals surface area contributed by atoms with E-state index in [4.69, 9.17) is 4.74 Å². The van der Waals surface area contributed by atoms with E-state index in [9.17, 15) is 14.9 Å². The SMILES string of the molecule is CCOc1ccccc1/C=c1/s/c(=C(/C#N)C(=O)NC(C)c2ccccc2)n(-c2ccccc2)c1=O. The Kier molecular flexibility index (Phi) is 7.79. The number of aromatic nitrogens is 1. The summed E-state index contributed by atoms with van der Waals surface area (Å²) in [5.41, 5.74) is 1.79. The molecule has 1 heterocycles. The van der Waals surface area contributed by atoms with Gasteiger partial charge in [-0.1, -0.05) is 66.7 Å². The van der Waals surface area contributed by atoms with E-state index in [-0.39, 0.29) is 21.8 Å². The van der Waals surface area contributed by atoms with Crippen LogP contribution in [0.4, 0.5) is 0 Å². The highest BCUT2D eigenvalue weighted by Crippen LogP contribution is 2.18. The van der Waals surface area contributed by atoms with Crippen LogP contribution in [0.3, 0.4) is 0 Å². The zero-order valence-electron chi connectivity index (χ0n) is 20.0. The Hall–Kier alpha value is -4.41. The van der Waals surface area contributed by atoms with E-state index in [1.54, 1.807) is 30.3 Å². The van der Waals surface area contributed by atoms with Gasteiger partial charge in [-0.25, -0.2) is 0 Å². The van der Waals surface area contributed by atoms with Gasteiger partial charge in [-0.2, -0.15) is 5.26 Å². The van der Waals surface area contributed by atoms with Gasteiger partial charge in [0, 0.05) is 5.56 Å². The lowest BCUT2D eigenvalue weighted by atomic mass is 10.1. The smallest absolute Gasteiger partial charge is 0.273 e. The first-order valence-corrected chi connectivity index (χ1v) is 12.4. The Morgan fingerprint density at radius 3 is 2.36 bits per heavy atom.